The first kappa shape index (κ1) is 11.3. The van der Waals surface area contributed by atoms with E-state index in [2.05, 4.69) is 5.32 Å². The van der Waals surface area contributed by atoms with E-state index in [0.717, 1.165) is 16.7 Å². The highest BCUT2D eigenvalue weighted by atomic mass is 16.2. The molecule has 2 rings (SSSR count). The van der Waals surface area contributed by atoms with Gasteiger partial charge in [-0.1, -0.05) is 18.2 Å². The fourth-order valence-electron chi connectivity index (χ4n) is 1.90. The van der Waals surface area contributed by atoms with Gasteiger partial charge in [-0.25, -0.2) is 9.59 Å². The van der Waals surface area contributed by atoms with Gasteiger partial charge < -0.3 is 21.7 Å². The van der Waals surface area contributed by atoms with Crippen molar-refractivity contribution in [1.82, 2.24) is 10.2 Å². The Morgan fingerprint density at radius 1 is 1.24 bits per heavy atom. The van der Waals surface area contributed by atoms with E-state index in [4.69, 9.17) is 11.5 Å². The van der Waals surface area contributed by atoms with Crippen LogP contribution in [0.4, 0.5) is 9.59 Å². The number of carbonyl (C=O) groups excluding carboxylic acids is 2. The number of primary amides is 2. The number of rotatable bonds is 2. The average Bonchev–Trinajstić information content (AvgIpc) is 2.69. The van der Waals surface area contributed by atoms with E-state index in [9.17, 15) is 9.59 Å². The molecule has 5 N–H and O–H groups in total. The molecule has 1 aromatic carbocycles. The number of nitrogens with zero attached hydrogens (tertiary/aromatic N) is 1. The second kappa shape index (κ2) is 4.32. The van der Waals surface area contributed by atoms with Gasteiger partial charge in [-0.3, -0.25) is 0 Å². The third-order valence-electron chi connectivity index (χ3n) is 2.77. The van der Waals surface area contributed by atoms with Crippen molar-refractivity contribution in [2.45, 2.75) is 19.6 Å². The summed E-state index contributed by atoms with van der Waals surface area (Å²) in [6, 6.07) is 4.83. The molecule has 90 valence electrons. The number of nitrogens with two attached hydrogens (primary N) is 2. The molecule has 0 atom stereocenters. The van der Waals surface area contributed by atoms with Crippen molar-refractivity contribution in [2.24, 2.45) is 11.5 Å². The van der Waals surface area contributed by atoms with Crippen LogP contribution in [0.3, 0.4) is 0 Å². The van der Waals surface area contributed by atoms with Gasteiger partial charge in [0.15, 0.2) is 0 Å². The topological polar surface area (TPSA) is 101 Å². The molecule has 0 fully saturated rings. The minimum Gasteiger partial charge on any atom is -0.352 e. The Labute approximate surface area is 98.6 Å². The van der Waals surface area contributed by atoms with Crippen molar-refractivity contribution in [2.75, 3.05) is 0 Å². The normalized spacial score (nSPS) is 13.3. The summed E-state index contributed by atoms with van der Waals surface area (Å²) in [6.45, 7) is 1.46. The lowest BCUT2D eigenvalue weighted by Crippen LogP contribution is -2.30. The lowest BCUT2D eigenvalue weighted by molar-refractivity contribution is 0.208. The number of urea groups is 2. The van der Waals surface area contributed by atoms with Crippen molar-refractivity contribution in [1.29, 1.82) is 0 Å². The fourth-order valence-corrected chi connectivity index (χ4v) is 1.90. The van der Waals surface area contributed by atoms with E-state index >= 15 is 0 Å². The first-order chi connectivity index (χ1) is 8.06. The Morgan fingerprint density at radius 2 is 1.94 bits per heavy atom. The van der Waals surface area contributed by atoms with Gasteiger partial charge in [-0.15, -0.1) is 0 Å². The van der Waals surface area contributed by atoms with Crippen LogP contribution in [0.25, 0.3) is 0 Å². The molecule has 6 heteroatoms. The lowest BCUT2D eigenvalue weighted by atomic mass is 10.1. The van der Waals surface area contributed by atoms with Crippen molar-refractivity contribution >= 4 is 12.1 Å². The molecule has 1 heterocycles. The second-order valence-corrected chi connectivity index (χ2v) is 4.02. The first-order valence-corrected chi connectivity index (χ1v) is 5.24. The molecular formula is C11H14N4O2. The van der Waals surface area contributed by atoms with Crippen molar-refractivity contribution in [3.63, 3.8) is 0 Å². The predicted molar refractivity (Wildman–Crippen MR) is 61.7 cm³/mol. The molecule has 0 unspecified atom stereocenters. The van der Waals surface area contributed by atoms with E-state index < -0.39 is 12.1 Å². The molecule has 0 radical (unpaired) electrons. The molecule has 0 saturated carbocycles. The molecule has 0 spiro atoms. The molecule has 0 aliphatic carbocycles. The van der Waals surface area contributed by atoms with E-state index in [-0.39, 0.29) is 0 Å². The van der Waals surface area contributed by atoms with Crippen LogP contribution in [0.5, 0.6) is 0 Å². The standard InChI is InChI=1S/C11H14N4O2/c12-10(16)14-4-7-1-2-8-5-15(11(13)17)6-9(8)3-7/h1-3H,4-6H2,(H2,13,17)(H3,12,14,16). The van der Waals surface area contributed by atoms with Crippen LogP contribution in [0.1, 0.15) is 16.7 Å². The largest absolute Gasteiger partial charge is 0.352 e. The van der Waals surface area contributed by atoms with E-state index in [1.807, 2.05) is 18.2 Å². The van der Waals surface area contributed by atoms with Crippen molar-refractivity contribution in [3.05, 3.63) is 34.9 Å². The van der Waals surface area contributed by atoms with Crippen LogP contribution in [0, 0.1) is 0 Å². The third kappa shape index (κ3) is 2.47. The Morgan fingerprint density at radius 3 is 2.59 bits per heavy atom. The zero-order valence-corrected chi connectivity index (χ0v) is 9.27. The zero-order valence-electron chi connectivity index (χ0n) is 9.27. The highest BCUT2D eigenvalue weighted by molar-refractivity contribution is 5.73. The van der Waals surface area contributed by atoms with E-state index in [1.54, 1.807) is 4.90 Å². The quantitative estimate of drug-likeness (QED) is 0.683. The summed E-state index contributed by atoms with van der Waals surface area (Å²) in [6.07, 6.45) is 0. The van der Waals surface area contributed by atoms with Gasteiger partial charge >= 0.3 is 12.1 Å². The number of nitrogens with one attached hydrogen (secondary N) is 1. The summed E-state index contributed by atoms with van der Waals surface area (Å²) >= 11 is 0. The van der Waals surface area contributed by atoms with Gasteiger partial charge in [-0.05, 0) is 16.7 Å². The first-order valence-electron chi connectivity index (χ1n) is 5.24. The average molecular weight is 234 g/mol. The maximum Gasteiger partial charge on any atom is 0.315 e. The summed E-state index contributed by atoms with van der Waals surface area (Å²) in [4.78, 5) is 23.2. The van der Waals surface area contributed by atoms with Gasteiger partial charge in [-0.2, -0.15) is 0 Å². The second-order valence-electron chi connectivity index (χ2n) is 4.02. The smallest absolute Gasteiger partial charge is 0.315 e. The summed E-state index contributed by atoms with van der Waals surface area (Å²) in [5.74, 6) is 0. The minimum atomic E-state index is -0.552. The van der Waals surface area contributed by atoms with Crippen LogP contribution >= 0.6 is 0 Å². The third-order valence-corrected chi connectivity index (χ3v) is 2.77. The monoisotopic (exact) mass is 234 g/mol. The maximum absolute atomic E-state index is 11.0. The number of hydrogen-bond donors (Lipinski definition) is 3. The van der Waals surface area contributed by atoms with Gasteiger partial charge in [0.2, 0.25) is 0 Å². The molecule has 1 aromatic rings. The summed E-state index contributed by atoms with van der Waals surface area (Å²) < 4.78 is 0. The van der Waals surface area contributed by atoms with E-state index in [0.29, 0.717) is 19.6 Å². The minimum absolute atomic E-state index is 0.388. The molecule has 6 nitrogen and oxygen atoms in total. The van der Waals surface area contributed by atoms with Gasteiger partial charge in [0, 0.05) is 19.6 Å². The summed E-state index contributed by atoms with van der Waals surface area (Å²) in [5, 5.41) is 2.52. The Hall–Kier alpha value is -2.24. The van der Waals surface area contributed by atoms with Crippen LogP contribution < -0.4 is 16.8 Å². The van der Waals surface area contributed by atoms with Crippen molar-refractivity contribution in [3.8, 4) is 0 Å². The van der Waals surface area contributed by atoms with Crippen LogP contribution in [0.2, 0.25) is 0 Å². The fraction of sp³-hybridized carbons (Fsp3) is 0.273. The summed E-state index contributed by atoms with van der Waals surface area (Å²) in [5.41, 5.74) is 13.3. The van der Waals surface area contributed by atoms with Crippen LogP contribution in [0.15, 0.2) is 18.2 Å². The molecule has 0 aromatic heterocycles. The maximum atomic E-state index is 11.0. The molecular weight excluding hydrogens is 220 g/mol. The van der Waals surface area contributed by atoms with E-state index in [1.165, 1.54) is 0 Å². The van der Waals surface area contributed by atoms with Gasteiger partial charge in [0.1, 0.15) is 0 Å². The summed E-state index contributed by atoms with van der Waals surface area (Å²) in [7, 11) is 0. The van der Waals surface area contributed by atoms with Crippen LogP contribution in [-0.4, -0.2) is 17.0 Å². The zero-order chi connectivity index (χ0) is 12.4. The highest BCUT2D eigenvalue weighted by Gasteiger charge is 2.21. The number of carbonyl (C=O) groups is 2. The van der Waals surface area contributed by atoms with Crippen molar-refractivity contribution < 1.29 is 9.59 Å². The number of benzene rings is 1. The van der Waals surface area contributed by atoms with Gasteiger partial charge in [0.25, 0.3) is 0 Å². The van der Waals surface area contributed by atoms with Gasteiger partial charge in [0.05, 0.1) is 0 Å². The number of amides is 4. The molecule has 1 aliphatic heterocycles. The molecule has 0 saturated heterocycles. The Bertz CT molecular complexity index is 473. The molecule has 0 bridgehead atoms. The van der Waals surface area contributed by atoms with Crippen LogP contribution in [-0.2, 0) is 19.6 Å². The predicted octanol–water partition coefficient (Wildman–Crippen LogP) is 0.249. The molecule has 17 heavy (non-hydrogen) atoms. The Balaban J connectivity index is 2.09. The molecule has 4 amide bonds. The Kier molecular flexibility index (Phi) is 2.86. The SMILES string of the molecule is NC(=O)NCc1ccc2c(c1)CN(C(N)=O)C2. The molecule has 1 aliphatic rings. The number of hydrogen-bond acceptors (Lipinski definition) is 2. The highest BCUT2D eigenvalue weighted by Crippen LogP contribution is 2.23. The lowest BCUT2D eigenvalue weighted by Gasteiger charge is -2.10. The number of fused-ring (bicyclic) bond motifs is 1.